The minimum Gasteiger partial charge on any atom is -0.491 e. The Balaban J connectivity index is 1.52. The topological polar surface area (TPSA) is 81.7 Å². The van der Waals surface area contributed by atoms with Crippen LogP contribution in [0.5, 0.6) is 5.75 Å². The van der Waals surface area contributed by atoms with Gasteiger partial charge in [-0.3, -0.25) is 4.99 Å². The number of aliphatic imine (C=N–C) groups is 1. The lowest BCUT2D eigenvalue weighted by molar-refractivity contribution is 0.186. The molecule has 3 rings (SSSR count). The van der Waals surface area contributed by atoms with Crippen molar-refractivity contribution >= 4 is 16.9 Å². The molecule has 3 aromatic rings. The van der Waals surface area contributed by atoms with Crippen LogP contribution in [0.1, 0.15) is 38.1 Å². The molecule has 0 aliphatic heterocycles. The maximum Gasteiger partial charge on any atom is 0.191 e. The van der Waals surface area contributed by atoms with E-state index in [0.717, 1.165) is 36.3 Å². The van der Waals surface area contributed by atoms with Gasteiger partial charge in [0.1, 0.15) is 5.75 Å². The molecule has 6 nitrogen and oxygen atoms in total. The molecule has 0 bridgehead atoms. The summed E-state index contributed by atoms with van der Waals surface area (Å²) in [6.07, 6.45) is 0.324. The molecule has 0 radical (unpaired) electrons. The van der Waals surface area contributed by atoms with Crippen molar-refractivity contribution in [1.82, 2.24) is 15.6 Å². The van der Waals surface area contributed by atoms with E-state index in [4.69, 9.17) is 4.74 Å². The van der Waals surface area contributed by atoms with Gasteiger partial charge in [0.2, 0.25) is 0 Å². The number of nitrogens with one attached hydrogen (secondary N) is 3. The van der Waals surface area contributed by atoms with Gasteiger partial charge in [0.15, 0.2) is 5.96 Å². The Morgan fingerprint density at radius 2 is 1.87 bits per heavy atom. The van der Waals surface area contributed by atoms with E-state index in [2.05, 4.69) is 38.8 Å². The summed E-state index contributed by atoms with van der Waals surface area (Å²) in [4.78, 5) is 7.98. The van der Waals surface area contributed by atoms with Crippen LogP contribution in [0.25, 0.3) is 10.9 Å². The van der Waals surface area contributed by atoms with Crippen LogP contribution < -0.4 is 15.4 Å². The molecule has 1 aromatic heterocycles. The lowest BCUT2D eigenvalue weighted by atomic mass is 10.1. The quantitative estimate of drug-likeness (QED) is 0.321. The molecule has 0 saturated carbocycles. The van der Waals surface area contributed by atoms with Gasteiger partial charge in [-0.05, 0) is 56.0 Å². The van der Waals surface area contributed by atoms with Crippen LogP contribution in [0.3, 0.4) is 0 Å². The van der Waals surface area contributed by atoms with Crippen molar-refractivity contribution in [1.29, 1.82) is 0 Å². The number of H-pyrrole nitrogens is 1. The van der Waals surface area contributed by atoms with E-state index in [-0.39, 0.29) is 12.6 Å². The molecule has 1 atom stereocenters. The van der Waals surface area contributed by atoms with Crippen LogP contribution in [-0.2, 0) is 6.42 Å². The first-order chi connectivity index (χ1) is 14.5. The lowest BCUT2D eigenvalue weighted by Crippen LogP contribution is -2.38. The zero-order valence-corrected chi connectivity index (χ0v) is 18.0. The monoisotopic (exact) mass is 408 g/mol. The molecule has 0 aliphatic rings. The van der Waals surface area contributed by atoms with Gasteiger partial charge in [0, 0.05) is 30.7 Å². The predicted molar refractivity (Wildman–Crippen MR) is 123 cm³/mol. The number of hydrogen-bond donors (Lipinski definition) is 4. The van der Waals surface area contributed by atoms with E-state index < -0.39 is 6.10 Å². The highest BCUT2D eigenvalue weighted by molar-refractivity contribution is 5.81. The first kappa shape index (κ1) is 21.7. The Hall–Kier alpha value is -2.99. The summed E-state index contributed by atoms with van der Waals surface area (Å²) in [7, 11) is 0. The molecular weight excluding hydrogens is 376 g/mol. The van der Waals surface area contributed by atoms with Crippen LogP contribution in [0.15, 0.2) is 59.6 Å². The van der Waals surface area contributed by atoms with Crippen molar-refractivity contribution < 1.29 is 9.84 Å². The zero-order valence-electron chi connectivity index (χ0n) is 18.0. The van der Waals surface area contributed by atoms with Crippen LogP contribution >= 0.6 is 0 Å². The van der Waals surface area contributed by atoms with Crippen LogP contribution in [-0.4, -0.2) is 41.8 Å². The van der Waals surface area contributed by atoms with Gasteiger partial charge in [-0.1, -0.05) is 30.3 Å². The van der Waals surface area contributed by atoms with E-state index in [1.54, 1.807) is 0 Å². The third kappa shape index (κ3) is 6.26. The molecule has 160 valence electrons. The highest BCUT2D eigenvalue weighted by Crippen LogP contribution is 2.19. The fraction of sp³-hybridized carbons (Fsp3) is 0.375. The van der Waals surface area contributed by atoms with E-state index in [1.165, 1.54) is 11.1 Å². The second-order valence-corrected chi connectivity index (χ2v) is 7.53. The standard InChI is InChI=1S/C24H32N4O2/c1-4-25-24(26-14-13-20-15-19-7-5-6-8-22(19)28-20)27-16-23(29)18-9-11-21(12-10-18)30-17(2)3/h5-12,15,17,23,28-29H,4,13-14,16H2,1-3H3,(H2,25,26,27). The van der Waals surface area contributed by atoms with Crippen molar-refractivity contribution in [2.75, 3.05) is 19.6 Å². The number of benzene rings is 2. The normalized spacial score (nSPS) is 12.9. The van der Waals surface area contributed by atoms with E-state index >= 15 is 0 Å². The highest BCUT2D eigenvalue weighted by atomic mass is 16.5. The number of para-hydroxylation sites is 1. The summed E-state index contributed by atoms with van der Waals surface area (Å²) in [5.41, 5.74) is 3.16. The molecular formula is C24H32N4O2. The van der Waals surface area contributed by atoms with Gasteiger partial charge < -0.3 is 25.5 Å². The fourth-order valence-corrected chi connectivity index (χ4v) is 3.25. The summed E-state index contributed by atoms with van der Waals surface area (Å²) >= 11 is 0. The van der Waals surface area contributed by atoms with Crippen molar-refractivity contribution in [3.63, 3.8) is 0 Å². The number of rotatable bonds is 9. The first-order valence-electron chi connectivity index (χ1n) is 10.6. The lowest BCUT2D eigenvalue weighted by Gasteiger charge is -2.14. The van der Waals surface area contributed by atoms with Gasteiger partial charge in [-0.2, -0.15) is 0 Å². The molecule has 30 heavy (non-hydrogen) atoms. The smallest absolute Gasteiger partial charge is 0.191 e. The molecule has 1 unspecified atom stereocenters. The maximum atomic E-state index is 10.5. The largest absolute Gasteiger partial charge is 0.491 e. The average Bonchev–Trinajstić information content (AvgIpc) is 3.14. The summed E-state index contributed by atoms with van der Waals surface area (Å²) in [5, 5.41) is 18.3. The Morgan fingerprint density at radius 1 is 1.10 bits per heavy atom. The number of fused-ring (bicyclic) bond motifs is 1. The van der Waals surface area contributed by atoms with Crippen molar-refractivity contribution in [3.05, 3.63) is 65.9 Å². The predicted octanol–water partition coefficient (Wildman–Crippen LogP) is 3.79. The van der Waals surface area contributed by atoms with E-state index in [0.29, 0.717) is 5.96 Å². The van der Waals surface area contributed by atoms with Gasteiger partial charge in [0.25, 0.3) is 0 Å². The van der Waals surface area contributed by atoms with Gasteiger partial charge in [0.05, 0.1) is 18.8 Å². The Morgan fingerprint density at radius 3 is 2.57 bits per heavy atom. The van der Waals surface area contributed by atoms with Crippen molar-refractivity contribution in [3.8, 4) is 5.75 Å². The molecule has 0 amide bonds. The minimum atomic E-state index is -0.665. The molecule has 0 aliphatic carbocycles. The second-order valence-electron chi connectivity index (χ2n) is 7.53. The van der Waals surface area contributed by atoms with Crippen LogP contribution in [0.2, 0.25) is 0 Å². The molecule has 0 fully saturated rings. The summed E-state index contributed by atoms with van der Waals surface area (Å²) in [5.74, 6) is 1.50. The molecule has 4 N–H and O–H groups in total. The number of aliphatic hydroxyl groups excluding tert-OH is 1. The Labute approximate surface area is 178 Å². The summed E-state index contributed by atoms with van der Waals surface area (Å²) in [6.45, 7) is 7.80. The maximum absolute atomic E-state index is 10.5. The first-order valence-corrected chi connectivity index (χ1v) is 10.6. The number of aromatic amines is 1. The molecule has 1 heterocycles. The molecule has 6 heteroatoms. The van der Waals surface area contributed by atoms with Crippen molar-refractivity contribution in [2.45, 2.75) is 39.4 Å². The Bertz CT molecular complexity index is 914. The number of nitrogens with zero attached hydrogens (tertiary/aromatic N) is 1. The average molecular weight is 409 g/mol. The summed E-state index contributed by atoms with van der Waals surface area (Å²) in [6, 6.07) is 18.0. The number of hydrogen-bond acceptors (Lipinski definition) is 3. The van der Waals surface area contributed by atoms with Gasteiger partial charge in [-0.15, -0.1) is 0 Å². The van der Waals surface area contributed by atoms with E-state index in [9.17, 15) is 5.11 Å². The molecule has 0 saturated heterocycles. The number of guanidine groups is 1. The van der Waals surface area contributed by atoms with Gasteiger partial charge >= 0.3 is 0 Å². The fourth-order valence-electron chi connectivity index (χ4n) is 3.25. The zero-order chi connectivity index (χ0) is 21.3. The number of aromatic nitrogens is 1. The number of aliphatic hydroxyl groups is 1. The molecule has 2 aromatic carbocycles. The summed E-state index contributed by atoms with van der Waals surface area (Å²) < 4.78 is 5.65. The minimum absolute atomic E-state index is 0.128. The number of ether oxygens (including phenoxy) is 1. The van der Waals surface area contributed by atoms with Gasteiger partial charge in [-0.25, -0.2) is 0 Å². The van der Waals surface area contributed by atoms with Crippen LogP contribution in [0, 0.1) is 0 Å². The van der Waals surface area contributed by atoms with Crippen LogP contribution in [0.4, 0.5) is 0 Å². The Kier molecular flexibility index (Phi) is 7.74. The SMILES string of the molecule is CCNC(=NCC(O)c1ccc(OC(C)C)cc1)NCCc1cc2ccccc2[nH]1. The third-order valence-electron chi connectivity index (χ3n) is 4.68. The molecule has 0 spiro atoms. The van der Waals surface area contributed by atoms with Crippen molar-refractivity contribution in [2.24, 2.45) is 4.99 Å². The van der Waals surface area contributed by atoms with E-state index in [1.807, 2.05) is 57.2 Å². The second kappa shape index (κ2) is 10.7. The highest BCUT2D eigenvalue weighted by Gasteiger charge is 2.09. The third-order valence-corrected chi connectivity index (χ3v) is 4.68.